The number of benzene rings is 1. The summed E-state index contributed by atoms with van der Waals surface area (Å²) in [5.41, 5.74) is -0.137. The van der Waals surface area contributed by atoms with E-state index in [1.165, 1.54) is 24.5 Å². The summed E-state index contributed by atoms with van der Waals surface area (Å²) in [6, 6.07) is 3.72. The number of aromatic amines is 1. The van der Waals surface area contributed by atoms with E-state index in [0.29, 0.717) is 4.47 Å². The van der Waals surface area contributed by atoms with Crippen LogP contribution in [0.5, 0.6) is 0 Å². The van der Waals surface area contributed by atoms with Crippen molar-refractivity contribution in [2.45, 2.75) is 4.90 Å². The van der Waals surface area contributed by atoms with Gasteiger partial charge in [0.2, 0.25) is 5.95 Å². The van der Waals surface area contributed by atoms with Gasteiger partial charge in [0.15, 0.2) is 0 Å². The molecular weight excluding hydrogens is 338 g/mol. The van der Waals surface area contributed by atoms with Crippen LogP contribution in [0.25, 0.3) is 0 Å². The number of nitrogens with zero attached hydrogens (tertiary/aromatic N) is 1. The number of rotatable bonds is 4. The van der Waals surface area contributed by atoms with Crippen molar-refractivity contribution >= 4 is 37.9 Å². The minimum absolute atomic E-state index is 0.0554. The molecule has 0 atom stereocenters. The smallest absolute Gasteiger partial charge is 0.336 e. The van der Waals surface area contributed by atoms with Crippen LogP contribution in [-0.2, 0) is 10.0 Å². The molecule has 1 aromatic heterocycles. The molecule has 100 valence electrons. The first kappa shape index (κ1) is 13.6. The predicted molar refractivity (Wildman–Crippen MR) is 70.5 cm³/mol. The number of sulfonamides is 1. The van der Waals surface area contributed by atoms with E-state index in [0.717, 1.165) is 6.07 Å². The fraction of sp³-hybridized carbons (Fsp3) is 0. The molecule has 0 spiro atoms. The molecule has 1 heterocycles. The fourth-order valence-corrected chi connectivity index (χ4v) is 2.76. The summed E-state index contributed by atoms with van der Waals surface area (Å²) in [5, 5.41) is 8.95. The van der Waals surface area contributed by atoms with Gasteiger partial charge in [-0.05, 0) is 34.1 Å². The highest BCUT2D eigenvalue weighted by atomic mass is 79.9. The maximum Gasteiger partial charge on any atom is 0.336 e. The molecule has 0 saturated carbocycles. The van der Waals surface area contributed by atoms with E-state index in [-0.39, 0.29) is 16.4 Å². The minimum atomic E-state index is -3.88. The monoisotopic (exact) mass is 345 g/mol. The van der Waals surface area contributed by atoms with Crippen molar-refractivity contribution in [1.82, 2.24) is 9.97 Å². The molecule has 0 saturated heterocycles. The van der Waals surface area contributed by atoms with Gasteiger partial charge in [-0.25, -0.2) is 22.9 Å². The minimum Gasteiger partial charge on any atom is -0.478 e. The van der Waals surface area contributed by atoms with Crippen molar-refractivity contribution in [2.24, 2.45) is 0 Å². The van der Waals surface area contributed by atoms with Gasteiger partial charge in [-0.2, -0.15) is 0 Å². The maximum atomic E-state index is 12.0. The highest BCUT2D eigenvalue weighted by Crippen LogP contribution is 2.22. The lowest BCUT2D eigenvalue weighted by molar-refractivity contribution is 0.0695. The van der Waals surface area contributed by atoms with E-state index in [1.807, 2.05) is 0 Å². The van der Waals surface area contributed by atoms with E-state index in [4.69, 9.17) is 5.11 Å². The van der Waals surface area contributed by atoms with E-state index in [1.54, 1.807) is 0 Å². The summed E-state index contributed by atoms with van der Waals surface area (Å²) in [5.74, 6) is -1.17. The third kappa shape index (κ3) is 2.93. The molecule has 7 nitrogen and oxygen atoms in total. The Kier molecular flexibility index (Phi) is 3.58. The molecule has 0 aliphatic rings. The van der Waals surface area contributed by atoms with Gasteiger partial charge in [0.05, 0.1) is 10.5 Å². The number of carboxylic acids is 1. The number of nitrogens with one attached hydrogen (secondary N) is 2. The summed E-state index contributed by atoms with van der Waals surface area (Å²) in [6.07, 6.45) is 2.85. The summed E-state index contributed by atoms with van der Waals surface area (Å²) in [4.78, 5) is 17.1. The number of carboxylic acid groups (broad SMARTS) is 1. The Morgan fingerprint density at radius 1 is 1.42 bits per heavy atom. The van der Waals surface area contributed by atoms with Gasteiger partial charge in [-0.3, -0.25) is 0 Å². The SMILES string of the molecule is O=C(O)c1cc(S(=O)(=O)Nc2ncc[nH]2)ccc1Br. The van der Waals surface area contributed by atoms with Crippen molar-refractivity contribution in [1.29, 1.82) is 0 Å². The van der Waals surface area contributed by atoms with E-state index in [9.17, 15) is 13.2 Å². The summed E-state index contributed by atoms with van der Waals surface area (Å²) in [7, 11) is -3.88. The summed E-state index contributed by atoms with van der Waals surface area (Å²) < 4.78 is 26.5. The quantitative estimate of drug-likeness (QED) is 0.780. The first-order chi connectivity index (χ1) is 8.90. The average Bonchev–Trinajstić information content (AvgIpc) is 2.80. The van der Waals surface area contributed by atoms with Crippen LogP contribution in [0.4, 0.5) is 5.95 Å². The zero-order chi connectivity index (χ0) is 14.0. The zero-order valence-corrected chi connectivity index (χ0v) is 11.7. The summed E-state index contributed by atoms with van der Waals surface area (Å²) >= 11 is 3.04. The maximum absolute atomic E-state index is 12.0. The Labute approximate surface area is 116 Å². The lowest BCUT2D eigenvalue weighted by Crippen LogP contribution is -2.14. The van der Waals surface area contributed by atoms with Crippen molar-refractivity contribution in [3.05, 3.63) is 40.6 Å². The number of aromatic carboxylic acids is 1. The molecule has 3 N–H and O–H groups in total. The highest BCUT2D eigenvalue weighted by molar-refractivity contribution is 9.10. The van der Waals surface area contributed by atoms with Crippen molar-refractivity contribution in [3.8, 4) is 0 Å². The van der Waals surface area contributed by atoms with Crippen molar-refractivity contribution < 1.29 is 18.3 Å². The molecule has 0 radical (unpaired) electrons. The summed E-state index contributed by atoms with van der Waals surface area (Å²) in [6.45, 7) is 0. The zero-order valence-electron chi connectivity index (χ0n) is 9.29. The lowest BCUT2D eigenvalue weighted by Gasteiger charge is -2.07. The Morgan fingerprint density at radius 2 is 2.16 bits per heavy atom. The second-order valence-electron chi connectivity index (χ2n) is 3.49. The van der Waals surface area contributed by atoms with Crippen LogP contribution in [0.3, 0.4) is 0 Å². The van der Waals surface area contributed by atoms with Gasteiger partial charge in [0.25, 0.3) is 10.0 Å². The molecule has 2 aromatic rings. The van der Waals surface area contributed by atoms with Gasteiger partial charge >= 0.3 is 5.97 Å². The second-order valence-corrected chi connectivity index (χ2v) is 6.03. The standard InChI is InChI=1S/C10H8BrN3O4S/c11-8-2-1-6(5-7(8)9(15)16)19(17,18)14-10-12-3-4-13-10/h1-5H,(H,15,16)(H2,12,13,14). The van der Waals surface area contributed by atoms with E-state index < -0.39 is 16.0 Å². The molecule has 0 unspecified atom stereocenters. The van der Waals surface area contributed by atoms with Crippen molar-refractivity contribution in [3.63, 3.8) is 0 Å². The number of anilines is 1. The number of carbonyl (C=O) groups is 1. The van der Waals surface area contributed by atoms with Crippen LogP contribution in [0.2, 0.25) is 0 Å². The Morgan fingerprint density at radius 3 is 2.74 bits per heavy atom. The van der Waals surface area contributed by atoms with Gasteiger partial charge in [-0.1, -0.05) is 0 Å². The molecule has 9 heteroatoms. The van der Waals surface area contributed by atoms with E-state index in [2.05, 4.69) is 30.6 Å². The van der Waals surface area contributed by atoms with Gasteiger partial charge in [0, 0.05) is 16.9 Å². The number of H-pyrrole nitrogens is 1. The predicted octanol–water partition coefficient (Wildman–Crippen LogP) is 1.67. The normalized spacial score (nSPS) is 11.2. The van der Waals surface area contributed by atoms with Gasteiger partial charge in [0.1, 0.15) is 0 Å². The largest absolute Gasteiger partial charge is 0.478 e. The molecular formula is C10H8BrN3O4S. The molecule has 0 amide bonds. The van der Waals surface area contributed by atoms with Gasteiger partial charge in [-0.15, -0.1) is 0 Å². The number of halogens is 1. The topological polar surface area (TPSA) is 112 Å². The number of hydrogen-bond donors (Lipinski definition) is 3. The lowest BCUT2D eigenvalue weighted by atomic mass is 10.2. The first-order valence-corrected chi connectivity index (χ1v) is 7.23. The Hall–Kier alpha value is -1.87. The van der Waals surface area contributed by atoms with Crippen LogP contribution in [-0.4, -0.2) is 29.5 Å². The molecule has 0 aliphatic heterocycles. The van der Waals surface area contributed by atoms with Crippen LogP contribution in [0.1, 0.15) is 10.4 Å². The molecule has 0 bridgehead atoms. The first-order valence-electron chi connectivity index (χ1n) is 4.95. The van der Waals surface area contributed by atoms with Crippen LogP contribution in [0.15, 0.2) is 40.0 Å². The van der Waals surface area contributed by atoms with Gasteiger partial charge < -0.3 is 10.1 Å². The molecule has 0 aliphatic carbocycles. The molecule has 2 rings (SSSR count). The fourth-order valence-electron chi connectivity index (χ4n) is 1.34. The third-order valence-corrected chi connectivity index (χ3v) is 4.24. The van der Waals surface area contributed by atoms with Crippen LogP contribution >= 0.6 is 15.9 Å². The van der Waals surface area contributed by atoms with Crippen molar-refractivity contribution in [2.75, 3.05) is 4.72 Å². The van der Waals surface area contributed by atoms with E-state index >= 15 is 0 Å². The Bertz CT molecular complexity index is 712. The Balaban J connectivity index is 2.41. The molecule has 19 heavy (non-hydrogen) atoms. The second kappa shape index (κ2) is 5.02. The number of hydrogen-bond acceptors (Lipinski definition) is 4. The molecule has 1 aromatic carbocycles. The average molecular weight is 346 g/mol. The highest BCUT2D eigenvalue weighted by Gasteiger charge is 2.19. The number of imidazole rings is 1. The number of aromatic nitrogens is 2. The van der Waals surface area contributed by atoms with Crippen LogP contribution < -0.4 is 4.72 Å². The molecule has 0 fully saturated rings. The van der Waals surface area contributed by atoms with Crippen LogP contribution in [0, 0.1) is 0 Å². The third-order valence-electron chi connectivity index (χ3n) is 2.21.